The molecule has 2 rings (SSSR count). The van der Waals surface area contributed by atoms with E-state index in [0.717, 1.165) is 30.4 Å². The van der Waals surface area contributed by atoms with Crippen molar-refractivity contribution in [1.29, 1.82) is 0 Å². The molecule has 0 heterocycles. The summed E-state index contributed by atoms with van der Waals surface area (Å²) in [6.07, 6.45) is 11.6. The molecule has 0 radical (unpaired) electrons. The third-order valence-corrected chi connectivity index (χ3v) is 9.00. The number of ketones is 2. The van der Waals surface area contributed by atoms with Crippen LogP contribution in [-0.2, 0) is 9.59 Å². The summed E-state index contributed by atoms with van der Waals surface area (Å²) in [6, 6.07) is 11.1. The lowest BCUT2D eigenvalue weighted by molar-refractivity contribution is -0.121. The van der Waals surface area contributed by atoms with Gasteiger partial charge in [-0.05, 0) is 86.3 Å². The van der Waals surface area contributed by atoms with Gasteiger partial charge in [0.15, 0.2) is 34.6 Å². The highest BCUT2D eigenvalue weighted by Crippen LogP contribution is 2.47. The first-order valence-corrected chi connectivity index (χ1v) is 19.7. The first-order chi connectivity index (χ1) is 19.5. The van der Waals surface area contributed by atoms with Crippen molar-refractivity contribution in [2.24, 2.45) is 0 Å². The van der Waals surface area contributed by atoms with E-state index in [-0.39, 0.29) is 25.9 Å². The third kappa shape index (κ3) is 14.2. The Bertz CT molecular complexity index is 1180. The van der Waals surface area contributed by atoms with Crippen molar-refractivity contribution in [3.8, 4) is 23.0 Å². The molecular formula is C33H47O6P2+. The summed E-state index contributed by atoms with van der Waals surface area (Å²) >= 11 is 0. The number of allylic oxidation sites excluding steroid dienone is 2. The number of hydrogen-bond acceptors (Lipinski definition) is 6. The monoisotopic (exact) mass is 601 g/mol. The minimum absolute atomic E-state index is 0.0713. The second kappa shape index (κ2) is 18.0. The summed E-state index contributed by atoms with van der Waals surface area (Å²) < 4.78 is 22.7. The normalized spacial score (nSPS) is 11.8. The van der Waals surface area contributed by atoms with Gasteiger partial charge in [0, 0.05) is 27.3 Å². The van der Waals surface area contributed by atoms with E-state index in [2.05, 4.69) is 33.3 Å². The van der Waals surface area contributed by atoms with Crippen LogP contribution in [0.2, 0.25) is 0 Å². The Morgan fingerprint density at radius 3 is 1.66 bits per heavy atom. The maximum Gasteiger partial charge on any atom is 0.163 e. The molecular weight excluding hydrogens is 554 g/mol. The van der Waals surface area contributed by atoms with Crippen molar-refractivity contribution in [2.45, 2.75) is 25.7 Å². The largest absolute Gasteiger partial charge is 0.493 e. The molecule has 0 unspecified atom stereocenters. The molecule has 0 aliphatic rings. The number of methoxy groups -OCH3 is 2. The molecule has 0 saturated heterocycles. The molecule has 0 N–H and O–H groups in total. The first kappa shape index (κ1) is 34.5. The van der Waals surface area contributed by atoms with Crippen molar-refractivity contribution < 1.29 is 28.5 Å². The number of carbonyl (C=O) groups is 2. The Labute approximate surface area is 248 Å². The van der Waals surface area contributed by atoms with Crippen molar-refractivity contribution in [3.05, 3.63) is 59.7 Å². The number of hydrogen-bond donors (Lipinski definition) is 0. The fourth-order valence-electron chi connectivity index (χ4n) is 3.92. The van der Waals surface area contributed by atoms with Crippen LogP contribution in [0.4, 0.5) is 0 Å². The molecule has 8 heteroatoms. The molecule has 0 aliphatic carbocycles. The number of carbonyl (C=O) groups excluding carboxylic acids is 2. The van der Waals surface area contributed by atoms with Gasteiger partial charge in [-0.25, -0.2) is 0 Å². The van der Waals surface area contributed by atoms with Crippen LogP contribution in [0.5, 0.6) is 23.0 Å². The van der Waals surface area contributed by atoms with Gasteiger partial charge in [0.05, 0.1) is 40.0 Å². The number of ether oxygens (including phenoxy) is 4. The molecule has 224 valence electrons. The summed E-state index contributed by atoms with van der Waals surface area (Å²) in [7, 11) is 2.51. The molecule has 0 aromatic heterocycles. The van der Waals surface area contributed by atoms with E-state index in [1.165, 1.54) is 24.5 Å². The second-order valence-corrected chi connectivity index (χ2v) is 18.8. The Hall–Kier alpha value is -2.68. The molecule has 0 fully saturated rings. The predicted octanol–water partition coefficient (Wildman–Crippen LogP) is 7.54. The fourth-order valence-corrected chi connectivity index (χ4v) is 5.85. The van der Waals surface area contributed by atoms with Crippen molar-refractivity contribution >= 4 is 38.9 Å². The van der Waals surface area contributed by atoms with Gasteiger partial charge in [0.25, 0.3) is 0 Å². The molecule has 0 aliphatic heterocycles. The zero-order valence-electron chi connectivity index (χ0n) is 25.8. The zero-order valence-corrected chi connectivity index (χ0v) is 27.6. The highest BCUT2D eigenvalue weighted by molar-refractivity contribution is 7.73. The molecule has 0 saturated carbocycles. The minimum atomic E-state index is -0.753. The zero-order chi connectivity index (χ0) is 30.3. The quantitative estimate of drug-likeness (QED) is 0.0717. The van der Waals surface area contributed by atoms with Crippen molar-refractivity contribution in [3.63, 3.8) is 0 Å². The molecule has 2 aromatic carbocycles. The van der Waals surface area contributed by atoms with Crippen LogP contribution >= 0.6 is 15.2 Å². The summed E-state index contributed by atoms with van der Waals surface area (Å²) in [5.41, 5.74) is 1.59. The van der Waals surface area contributed by atoms with Crippen LogP contribution in [0.1, 0.15) is 36.8 Å². The third-order valence-electron chi connectivity index (χ3n) is 6.14. The maximum absolute atomic E-state index is 12.4. The van der Waals surface area contributed by atoms with E-state index in [1.54, 1.807) is 26.4 Å². The molecule has 6 nitrogen and oxygen atoms in total. The molecule has 2 aromatic rings. The van der Waals surface area contributed by atoms with Crippen LogP contribution in [-0.4, -0.2) is 84.6 Å². The predicted molar refractivity (Wildman–Crippen MR) is 177 cm³/mol. The SMILES string of the molecule is COc1cc(/C=C/C(=O)CC(=O)/C=C/c2ccc(OCCCP(C)C)c(OC)c2)ccc1OCCCC[P+](C)(C)C. The summed E-state index contributed by atoms with van der Waals surface area (Å²) in [5, 5.41) is 0. The lowest BCUT2D eigenvalue weighted by atomic mass is 10.1. The van der Waals surface area contributed by atoms with Crippen LogP contribution in [0.25, 0.3) is 12.2 Å². The fraction of sp³-hybridized carbons (Fsp3) is 0.455. The van der Waals surface area contributed by atoms with Gasteiger partial charge in [-0.15, -0.1) is 7.92 Å². The topological polar surface area (TPSA) is 71.1 Å². The van der Waals surface area contributed by atoms with Crippen LogP contribution < -0.4 is 18.9 Å². The van der Waals surface area contributed by atoms with E-state index in [0.29, 0.717) is 36.2 Å². The van der Waals surface area contributed by atoms with Gasteiger partial charge in [-0.2, -0.15) is 0 Å². The van der Waals surface area contributed by atoms with E-state index < -0.39 is 7.26 Å². The summed E-state index contributed by atoms with van der Waals surface area (Å²) in [5.74, 6) is 2.05. The van der Waals surface area contributed by atoms with Crippen molar-refractivity contribution in [1.82, 2.24) is 0 Å². The van der Waals surface area contributed by atoms with E-state index in [9.17, 15) is 9.59 Å². The first-order valence-electron chi connectivity index (χ1n) is 14.0. The van der Waals surface area contributed by atoms with Gasteiger partial charge in [-0.1, -0.05) is 24.3 Å². The molecule has 0 atom stereocenters. The molecule has 41 heavy (non-hydrogen) atoms. The molecule has 0 amide bonds. The van der Waals surface area contributed by atoms with Crippen LogP contribution in [0.15, 0.2) is 48.6 Å². The van der Waals surface area contributed by atoms with Crippen molar-refractivity contribution in [2.75, 3.05) is 73.1 Å². The highest BCUT2D eigenvalue weighted by atomic mass is 31.2. The average Bonchev–Trinajstić information content (AvgIpc) is 2.92. The smallest absolute Gasteiger partial charge is 0.163 e. The lowest BCUT2D eigenvalue weighted by Crippen LogP contribution is -2.02. The van der Waals surface area contributed by atoms with E-state index in [4.69, 9.17) is 18.9 Å². The Morgan fingerprint density at radius 2 is 1.22 bits per heavy atom. The lowest BCUT2D eigenvalue weighted by Gasteiger charge is -2.13. The van der Waals surface area contributed by atoms with E-state index >= 15 is 0 Å². The van der Waals surface area contributed by atoms with Gasteiger partial charge in [-0.3, -0.25) is 9.59 Å². The van der Waals surface area contributed by atoms with E-state index in [1.807, 2.05) is 36.4 Å². The molecule has 0 bridgehead atoms. The Kier molecular flexibility index (Phi) is 15.1. The molecule has 0 spiro atoms. The van der Waals surface area contributed by atoms with Crippen LogP contribution in [0, 0.1) is 0 Å². The van der Waals surface area contributed by atoms with Gasteiger partial charge in [0.2, 0.25) is 0 Å². The maximum atomic E-state index is 12.4. The Morgan fingerprint density at radius 1 is 0.732 bits per heavy atom. The Balaban J connectivity index is 1.87. The highest BCUT2D eigenvalue weighted by Gasteiger charge is 2.16. The number of rotatable bonds is 19. The average molecular weight is 602 g/mol. The van der Waals surface area contributed by atoms with Gasteiger partial charge >= 0.3 is 0 Å². The second-order valence-electron chi connectivity index (χ2n) is 11.2. The summed E-state index contributed by atoms with van der Waals surface area (Å²) in [6.45, 7) is 12.9. The van der Waals surface area contributed by atoms with Gasteiger partial charge < -0.3 is 18.9 Å². The number of benzene rings is 2. The minimum Gasteiger partial charge on any atom is -0.493 e. The van der Waals surface area contributed by atoms with Gasteiger partial charge in [0.1, 0.15) is 0 Å². The summed E-state index contributed by atoms with van der Waals surface area (Å²) in [4.78, 5) is 24.8. The number of unbranched alkanes of at least 4 members (excludes halogenated alkanes) is 1. The standard InChI is InChI=1S/C33H47O6P2/c1-36-32-23-26(13-17-30(32)38-19-8-9-22-41(5,6)7)11-15-28(34)25-29(35)16-12-27-14-18-31(33(24-27)37-2)39-20-10-21-40(3)4/h11-18,23-24H,8-10,19-22,25H2,1-7H3/q+1/b15-11+,16-12+. The van der Waals surface area contributed by atoms with Crippen LogP contribution in [0.3, 0.4) is 0 Å².